The second-order valence-corrected chi connectivity index (χ2v) is 4.69. The first-order valence-electron chi connectivity index (χ1n) is 4.91. The standard InChI is InChI=1S/C11H13N3OS.BrH/c1-15-8-4-2-7(3-5-8)6-9-10(12)14-11(13)16-9;/h2-5,9H,6H2,1H3,(H3,12,13,14);1H. The van der Waals surface area contributed by atoms with Crippen LogP contribution in [0.25, 0.3) is 0 Å². The van der Waals surface area contributed by atoms with Gasteiger partial charge in [-0.05, 0) is 24.1 Å². The van der Waals surface area contributed by atoms with Crippen molar-refractivity contribution in [1.82, 2.24) is 0 Å². The molecule has 0 spiro atoms. The molecule has 1 aliphatic heterocycles. The van der Waals surface area contributed by atoms with E-state index in [9.17, 15) is 0 Å². The Hall–Kier alpha value is -1.01. The van der Waals surface area contributed by atoms with Crippen molar-refractivity contribution in [2.75, 3.05) is 7.11 Å². The van der Waals surface area contributed by atoms with Gasteiger partial charge in [0.2, 0.25) is 0 Å². The molecule has 1 atom stereocenters. The summed E-state index contributed by atoms with van der Waals surface area (Å²) in [4.78, 5) is 3.92. The lowest BCUT2D eigenvalue weighted by Gasteiger charge is -2.08. The van der Waals surface area contributed by atoms with Crippen molar-refractivity contribution in [2.45, 2.75) is 11.7 Å². The number of rotatable bonds is 3. The Morgan fingerprint density at radius 2 is 2.06 bits per heavy atom. The van der Waals surface area contributed by atoms with E-state index in [-0.39, 0.29) is 22.2 Å². The second-order valence-electron chi connectivity index (χ2n) is 3.50. The summed E-state index contributed by atoms with van der Waals surface area (Å²) in [7, 11) is 1.65. The highest BCUT2D eigenvalue weighted by atomic mass is 79.9. The number of halogens is 1. The van der Waals surface area contributed by atoms with Gasteiger partial charge in [0.15, 0.2) is 5.17 Å². The molecule has 1 aromatic carbocycles. The summed E-state index contributed by atoms with van der Waals surface area (Å²) in [5.41, 5.74) is 6.91. The van der Waals surface area contributed by atoms with Crippen LogP contribution in [0.5, 0.6) is 5.75 Å². The average molecular weight is 316 g/mol. The number of nitrogens with zero attached hydrogens (tertiary/aromatic N) is 1. The van der Waals surface area contributed by atoms with Gasteiger partial charge in [0, 0.05) is 0 Å². The third-order valence-corrected chi connectivity index (χ3v) is 3.40. The zero-order chi connectivity index (χ0) is 11.5. The molecule has 0 saturated heterocycles. The zero-order valence-corrected chi connectivity index (χ0v) is 11.9. The van der Waals surface area contributed by atoms with Crippen LogP contribution in [-0.2, 0) is 6.42 Å². The first kappa shape index (κ1) is 14.1. The van der Waals surface area contributed by atoms with Gasteiger partial charge in [-0.2, -0.15) is 0 Å². The molecule has 4 nitrogen and oxygen atoms in total. The van der Waals surface area contributed by atoms with Crippen LogP contribution in [0.15, 0.2) is 29.3 Å². The first-order valence-corrected chi connectivity index (χ1v) is 5.79. The Morgan fingerprint density at radius 3 is 2.53 bits per heavy atom. The average Bonchev–Trinajstić information content (AvgIpc) is 2.59. The SMILES string of the molecule is Br.COc1ccc(CC2SC(=N)N=C2N)cc1. The van der Waals surface area contributed by atoms with E-state index in [1.54, 1.807) is 7.11 Å². The predicted octanol–water partition coefficient (Wildman–Crippen LogP) is 2.22. The molecule has 1 unspecified atom stereocenters. The Morgan fingerprint density at radius 1 is 1.41 bits per heavy atom. The number of aliphatic imine (C=N–C) groups is 1. The Labute approximate surface area is 115 Å². The van der Waals surface area contributed by atoms with Crippen molar-refractivity contribution in [1.29, 1.82) is 5.41 Å². The van der Waals surface area contributed by atoms with E-state index in [4.69, 9.17) is 15.9 Å². The van der Waals surface area contributed by atoms with E-state index in [1.807, 2.05) is 24.3 Å². The van der Waals surface area contributed by atoms with Gasteiger partial charge in [-0.25, -0.2) is 4.99 Å². The number of amidine groups is 2. The maximum atomic E-state index is 7.41. The number of thioether (sulfide) groups is 1. The largest absolute Gasteiger partial charge is 0.497 e. The molecule has 17 heavy (non-hydrogen) atoms. The van der Waals surface area contributed by atoms with Crippen molar-refractivity contribution in [3.05, 3.63) is 29.8 Å². The summed E-state index contributed by atoms with van der Waals surface area (Å²) >= 11 is 1.40. The minimum Gasteiger partial charge on any atom is -0.497 e. The molecular weight excluding hydrogens is 302 g/mol. The van der Waals surface area contributed by atoms with Crippen LogP contribution in [-0.4, -0.2) is 23.4 Å². The quantitative estimate of drug-likeness (QED) is 0.898. The highest BCUT2D eigenvalue weighted by molar-refractivity contribution is 8.93. The molecule has 0 fully saturated rings. The monoisotopic (exact) mass is 315 g/mol. The molecular formula is C11H14BrN3OS. The maximum absolute atomic E-state index is 7.41. The second kappa shape index (κ2) is 6.07. The summed E-state index contributed by atoms with van der Waals surface area (Å²) < 4.78 is 5.09. The number of ether oxygens (including phenoxy) is 1. The third kappa shape index (κ3) is 3.47. The molecule has 0 saturated carbocycles. The molecule has 92 valence electrons. The zero-order valence-electron chi connectivity index (χ0n) is 9.34. The van der Waals surface area contributed by atoms with E-state index >= 15 is 0 Å². The third-order valence-electron chi connectivity index (χ3n) is 2.39. The predicted molar refractivity (Wildman–Crippen MR) is 77.7 cm³/mol. The smallest absolute Gasteiger partial charge is 0.182 e. The summed E-state index contributed by atoms with van der Waals surface area (Å²) in [6, 6.07) is 7.87. The van der Waals surface area contributed by atoms with Crippen molar-refractivity contribution in [2.24, 2.45) is 10.7 Å². The van der Waals surface area contributed by atoms with Gasteiger partial charge in [-0.15, -0.1) is 17.0 Å². The fourth-order valence-corrected chi connectivity index (χ4v) is 2.41. The number of nitrogens with two attached hydrogens (primary N) is 1. The summed E-state index contributed by atoms with van der Waals surface area (Å²) in [6.07, 6.45) is 0.798. The lowest BCUT2D eigenvalue weighted by atomic mass is 10.1. The van der Waals surface area contributed by atoms with E-state index < -0.39 is 0 Å². The molecule has 0 amide bonds. The fraction of sp³-hybridized carbons (Fsp3) is 0.273. The maximum Gasteiger partial charge on any atom is 0.182 e. The van der Waals surface area contributed by atoms with E-state index in [0.717, 1.165) is 12.2 Å². The van der Waals surface area contributed by atoms with Gasteiger partial charge in [0.25, 0.3) is 0 Å². The molecule has 1 aliphatic rings. The van der Waals surface area contributed by atoms with Crippen molar-refractivity contribution < 1.29 is 4.74 Å². The van der Waals surface area contributed by atoms with Crippen LogP contribution < -0.4 is 10.5 Å². The summed E-state index contributed by atoms with van der Waals surface area (Å²) in [6.45, 7) is 0. The Kier molecular flexibility index (Phi) is 5.02. The van der Waals surface area contributed by atoms with Gasteiger partial charge in [-0.3, -0.25) is 5.41 Å². The molecule has 1 heterocycles. The lowest BCUT2D eigenvalue weighted by molar-refractivity contribution is 0.414. The van der Waals surface area contributed by atoms with Crippen LogP contribution in [0.1, 0.15) is 5.56 Å². The summed E-state index contributed by atoms with van der Waals surface area (Å²) in [5.74, 6) is 1.39. The highest BCUT2D eigenvalue weighted by Crippen LogP contribution is 2.24. The van der Waals surface area contributed by atoms with E-state index in [0.29, 0.717) is 11.0 Å². The van der Waals surface area contributed by atoms with Crippen LogP contribution >= 0.6 is 28.7 Å². The van der Waals surface area contributed by atoms with E-state index in [2.05, 4.69) is 4.99 Å². The Balaban J connectivity index is 0.00000144. The number of hydrogen-bond donors (Lipinski definition) is 2. The van der Waals surface area contributed by atoms with Gasteiger partial charge >= 0.3 is 0 Å². The van der Waals surface area contributed by atoms with Crippen molar-refractivity contribution in [3.63, 3.8) is 0 Å². The lowest BCUT2D eigenvalue weighted by Crippen LogP contribution is -2.24. The molecule has 0 aromatic heterocycles. The van der Waals surface area contributed by atoms with Gasteiger partial charge in [0.05, 0.1) is 12.4 Å². The molecule has 0 radical (unpaired) electrons. The van der Waals surface area contributed by atoms with Crippen LogP contribution in [0.2, 0.25) is 0 Å². The number of hydrogen-bond acceptors (Lipinski definition) is 4. The molecule has 3 N–H and O–H groups in total. The van der Waals surface area contributed by atoms with E-state index in [1.165, 1.54) is 17.3 Å². The molecule has 6 heteroatoms. The van der Waals surface area contributed by atoms with Gasteiger partial charge in [0.1, 0.15) is 11.6 Å². The highest BCUT2D eigenvalue weighted by Gasteiger charge is 2.23. The molecule has 1 aromatic rings. The van der Waals surface area contributed by atoms with Gasteiger partial charge < -0.3 is 10.5 Å². The Bertz CT molecular complexity index is 433. The fourth-order valence-electron chi connectivity index (χ4n) is 1.53. The molecule has 2 rings (SSSR count). The minimum absolute atomic E-state index is 0. The number of benzene rings is 1. The topological polar surface area (TPSA) is 71.5 Å². The van der Waals surface area contributed by atoms with Gasteiger partial charge in [-0.1, -0.05) is 23.9 Å². The molecule has 0 bridgehead atoms. The first-order chi connectivity index (χ1) is 7.69. The molecule has 0 aliphatic carbocycles. The van der Waals surface area contributed by atoms with Crippen molar-refractivity contribution >= 4 is 39.7 Å². The minimum atomic E-state index is 0. The van der Waals surface area contributed by atoms with Crippen LogP contribution in [0.3, 0.4) is 0 Å². The number of nitrogens with one attached hydrogen (secondary N) is 1. The van der Waals surface area contributed by atoms with Crippen LogP contribution in [0, 0.1) is 5.41 Å². The van der Waals surface area contributed by atoms with Crippen LogP contribution in [0.4, 0.5) is 0 Å². The number of methoxy groups -OCH3 is 1. The summed E-state index contributed by atoms with van der Waals surface area (Å²) in [5, 5.41) is 7.81. The normalized spacial score (nSPS) is 18.5. The van der Waals surface area contributed by atoms with Crippen molar-refractivity contribution in [3.8, 4) is 5.75 Å².